The summed E-state index contributed by atoms with van der Waals surface area (Å²) in [4.78, 5) is 29.1. The molecule has 0 spiro atoms. The van der Waals surface area contributed by atoms with Crippen LogP contribution in [0, 0.1) is 0 Å². The number of benzene rings is 1. The Balaban J connectivity index is 0. The molecule has 0 aromatic heterocycles. The third-order valence-corrected chi connectivity index (χ3v) is 1.79. The fourth-order valence-electron chi connectivity index (χ4n) is 0.881. The SMILES string of the molecule is O=C(O)c1cc([O-])cc(OP(=O)([O-])O)c1.[Na+].[Na+]. The molecule has 0 heterocycles. The van der Waals surface area contributed by atoms with Crippen molar-refractivity contribution >= 4 is 13.8 Å². The number of carboxylic acid groups (broad SMARTS) is 1. The second-order valence-electron chi connectivity index (χ2n) is 2.56. The molecule has 0 saturated heterocycles. The Labute approximate surface area is 141 Å². The van der Waals surface area contributed by atoms with Gasteiger partial charge in [-0.25, -0.2) is 4.79 Å². The second kappa shape index (κ2) is 7.78. The third-order valence-electron chi connectivity index (χ3n) is 1.35. The summed E-state index contributed by atoms with van der Waals surface area (Å²) in [6, 6.07) is 2.35. The predicted octanol–water partition coefficient (Wildman–Crippen LogP) is -6.69. The minimum Gasteiger partial charge on any atom is -0.872 e. The zero-order chi connectivity index (χ0) is 11.6. The van der Waals surface area contributed by atoms with E-state index in [2.05, 4.69) is 4.52 Å². The maximum Gasteiger partial charge on any atom is 1.00 e. The molecule has 1 aromatic carbocycles. The number of phosphoric acid groups is 1. The molecule has 0 aliphatic rings. The van der Waals surface area contributed by atoms with Gasteiger partial charge in [-0.15, -0.1) is 5.75 Å². The Bertz CT molecular complexity index is 444. The van der Waals surface area contributed by atoms with Gasteiger partial charge in [0.05, 0.1) is 5.56 Å². The molecular weight excluding hydrogens is 273 g/mol. The van der Waals surface area contributed by atoms with E-state index in [0.717, 1.165) is 18.2 Å². The number of hydrogen-bond acceptors (Lipinski definition) is 5. The number of hydrogen-bond donors (Lipinski definition) is 2. The van der Waals surface area contributed by atoms with Crippen molar-refractivity contribution in [2.24, 2.45) is 0 Å². The van der Waals surface area contributed by atoms with Gasteiger partial charge in [-0.3, -0.25) is 4.57 Å². The van der Waals surface area contributed by atoms with Crippen molar-refractivity contribution < 1.29 is 93.0 Å². The van der Waals surface area contributed by atoms with Crippen molar-refractivity contribution in [2.75, 3.05) is 0 Å². The summed E-state index contributed by atoms with van der Waals surface area (Å²) in [5.41, 5.74) is -0.425. The van der Waals surface area contributed by atoms with Gasteiger partial charge in [0.25, 0.3) is 0 Å². The van der Waals surface area contributed by atoms with E-state index < -0.39 is 30.9 Å². The maximum atomic E-state index is 10.9. The van der Waals surface area contributed by atoms with Crippen LogP contribution in [0.3, 0.4) is 0 Å². The van der Waals surface area contributed by atoms with Crippen LogP contribution in [0.2, 0.25) is 0 Å². The van der Waals surface area contributed by atoms with Gasteiger partial charge >= 0.3 is 72.9 Å². The predicted molar refractivity (Wildman–Crippen MR) is 43.3 cm³/mol. The van der Waals surface area contributed by atoms with Gasteiger partial charge in [0.15, 0.2) is 0 Å². The number of aromatic carboxylic acids is 1. The van der Waals surface area contributed by atoms with Gasteiger partial charge < -0.3 is 24.5 Å². The van der Waals surface area contributed by atoms with Crippen LogP contribution in [0.5, 0.6) is 11.5 Å². The summed E-state index contributed by atoms with van der Waals surface area (Å²) in [6.45, 7) is 0. The molecule has 10 heteroatoms. The van der Waals surface area contributed by atoms with Crippen molar-refractivity contribution in [1.29, 1.82) is 0 Å². The van der Waals surface area contributed by atoms with E-state index in [1.54, 1.807) is 0 Å². The maximum absolute atomic E-state index is 10.9. The summed E-state index contributed by atoms with van der Waals surface area (Å²) in [7, 11) is -5.04. The minimum atomic E-state index is -5.04. The quantitative estimate of drug-likeness (QED) is 0.415. The van der Waals surface area contributed by atoms with Crippen molar-refractivity contribution in [1.82, 2.24) is 0 Å². The van der Waals surface area contributed by atoms with E-state index in [-0.39, 0.29) is 59.1 Å². The molecule has 1 aromatic rings. The Kier molecular flexibility index (Phi) is 9.05. The van der Waals surface area contributed by atoms with Crippen LogP contribution in [0.4, 0.5) is 0 Å². The first-order valence-electron chi connectivity index (χ1n) is 3.57. The first kappa shape index (κ1) is 19.8. The molecule has 0 saturated carbocycles. The average Bonchev–Trinajstić information content (AvgIpc) is 1.99. The van der Waals surface area contributed by atoms with Crippen LogP contribution in [0.1, 0.15) is 10.4 Å². The molecule has 0 amide bonds. The van der Waals surface area contributed by atoms with E-state index >= 15 is 0 Å². The number of rotatable bonds is 3. The molecular formula is C7H5Na2O7P. The van der Waals surface area contributed by atoms with E-state index in [9.17, 15) is 19.4 Å². The van der Waals surface area contributed by atoms with E-state index in [0.29, 0.717) is 0 Å². The Hall–Kier alpha value is 0.440. The topological polar surface area (TPSA) is 130 Å². The van der Waals surface area contributed by atoms with Gasteiger partial charge in [0.2, 0.25) is 0 Å². The summed E-state index contributed by atoms with van der Waals surface area (Å²) in [5.74, 6) is -2.68. The minimum absolute atomic E-state index is 0. The second-order valence-corrected chi connectivity index (χ2v) is 3.68. The fourth-order valence-corrected chi connectivity index (χ4v) is 1.25. The number of carbonyl (C=O) groups is 1. The summed E-state index contributed by atoms with van der Waals surface area (Å²) in [5, 5.41) is 19.4. The molecule has 2 N–H and O–H groups in total. The molecule has 7 nitrogen and oxygen atoms in total. The molecule has 0 bridgehead atoms. The first-order chi connectivity index (χ1) is 6.78. The Morgan fingerprint density at radius 3 is 2.24 bits per heavy atom. The van der Waals surface area contributed by atoms with Crippen LogP contribution < -0.4 is 73.6 Å². The number of phosphoric ester groups is 1. The van der Waals surface area contributed by atoms with Crippen molar-refractivity contribution in [3.63, 3.8) is 0 Å². The normalized spacial score (nSPS) is 12.6. The Morgan fingerprint density at radius 1 is 1.29 bits per heavy atom. The van der Waals surface area contributed by atoms with Crippen molar-refractivity contribution in [3.8, 4) is 11.5 Å². The summed E-state index contributed by atoms with van der Waals surface area (Å²) in [6.07, 6.45) is 0. The molecule has 0 aliphatic carbocycles. The molecule has 1 unspecified atom stereocenters. The zero-order valence-corrected chi connectivity index (χ0v) is 14.0. The third kappa shape index (κ3) is 7.46. The van der Waals surface area contributed by atoms with Gasteiger partial charge in [0.1, 0.15) is 5.75 Å². The Morgan fingerprint density at radius 2 is 1.82 bits per heavy atom. The van der Waals surface area contributed by atoms with E-state index in [1.165, 1.54) is 0 Å². The van der Waals surface area contributed by atoms with Crippen LogP contribution in [0.15, 0.2) is 18.2 Å². The van der Waals surface area contributed by atoms with Crippen LogP contribution in [-0.4, -0.2) is 16.0 Å². The largest absolute Gasteiger partial charge is 1.00 e. The van der Waals surface area contributed by atoms with Crippen LogP contribution in [-0.2, 0) is 4.57 Å². The first-order valence-corrected chi connectivity index (χ1v) is 5.06. The van der Waals surface area contributed by atoms with Gasteiger partial charge in [-0.1, -0.05) is 6.07 Å². The van der Waals surface area contributed by atoms with Gasteiger partial charge in [0, 0.05) is 0 Å². The monoisotopic (exact) mass is 278 g/mol. The standard InChI is InChI=1S/C7H7O7P.2Na/c8-5-1-4(7(9)10)2-6(3-5)14-15(11,12)13;;/h1-3,8H,(H,9,10)(H2,11,12,13);;/q;2*+1/p-2. The van der Waals surface area contributed by atoms with Crippen molar-refractivity contribution in [3.05, 3.63) is 23.8 Å². The zero-order valence-electron chi connectivity index (χ0n) is 9.11. The molecule has 82 valence electrons. The van der Waals surface area contributed by atoms with E-state index in [1.807, 2.05) is 0 Å². The van der Waals surface area contributed by atoms with Crippen LogP contribution in [0.25, 0.3) is 0 Å². The molecule has 0 radical (unpaired) electrons. The smallest absolute Gasteiger partial charge is 0.872 e. The number of carboxylic acids is 1. The molecule has 0 aliphatic heterocycles. The van der Waals surface area contributed by atoms with Gasteiger partial charge in [-0.05, 0) is 12.1 Å². The molecule has 1 atom stereocenters. The summed E-state index contributed by atoms with van der Waals surface area (Å²) < 4.78 is 14.3. The molecule has 17 heavy (non-hydrogen) atoms. The average molecular weight is 278 g/mol. The molecule has 1 rings (SSSR count). The van der Waals surface area contributed by atoms with Crippen LogP contribution >= 0.6 is 7.82 Å². The van der Waals surface area contributed by atoms with E-state index in [4.69, 9.17) is 10.00 Å². The van der Waals surface area contributed by atoms with Crippen molar-refractivity contribution in [2.45, 2.75) is 0 Å². The van der Waals surface area contributed by atoms with Gasteiger partial charge in [-0.2, -0.15) is 0 Å². The molecule has 0 fully saturated rings. The summed E-state index contributed by atoms with van der Waals surface area (Å²) >= 11 is 0. The fraction of sp³-hybridized carbons (Fsp3) is 0.